The first-order valence-electron chi connectivity index (χ1n) is 8.22. The number of rotatable bonds is 10. The number of amides is 1. The summed E-state index contributed by atoms with van der Waals surface area (Å²) in [6.07, 6.45) is 0.622. The van der Waals surface area contributed by atoms with Gasteiger partial charge >= 0.3 is 6.61 Å². The summed E-state index contributed by atoms with van der Waals surface area (Å²) >= 11 is 0. The van der Waals surface area contributed by atoms with Crippen molar-refractivity contribution in [3.8, 4) is 5.75 Å². The summed E-state index contributed by atoms with van der Waals surface area (Å²) in [5.41, 5.74) is 0.802. The minimum absolute atomic E-state index is 0.0592. The fraction of sp³-hybridized carbons (Fsp3) is 0.278. The topological polar surface area (TPSA) is 84.5 Å². The van der Waals surface area contributed by atoms with Crippen molar-refractivity contribution in [2.24, 2.45) is 0 Å². The molecule has 0 unspecified atom stereocenters. The van der Waals surface area contributed by atoms with Crippen molar-refractivity contribution in [1.29, 1.82) is 0 Å². The summed E-state index contributed by atoms with van der Waals surface area (Å²) < 4.78 is 54.8. The van der Waals surface area contributed by atoms with Crippen molar-refractivity contribution in [2.75, 3.05) is 13.1 Å². The number of carbonyl (C=O) groups is 1. The smallest absolute Gasteiger partial charge is 0.387 e. The molecule has 2 N–H and O–H groups in total. The van der Waals surface area contributed by atoms with Gasteiger partial charge in [0.2, 0.25) is 15.9 Å². The maximum Gasteiger partial charge on any atom is 0.387 e. The van der Waals surface area contributed by atoms with Crippen LogP contribution in [0.3, 0.4) is 0 Å². The third kappa shape index (κ3) is 7.32. The van der Waals surface area contributed by atoms with Crippen LogP contribution in [0, 0.1) is 0 Å². The number of alkyl halides is 2. The number of halogens is 2. The molecule has 0 aliphatic carbocycles. The van der Waals surface area contributed by atoms with Gasteiger partial charge in [-0.05, 0) is 36.2 Å². The Bertz CT molecular complexity index is 828. The summed E-state index contributed by atoms with van der Waals surface area (Å²) in [5.74, 6) is -0.175. The molecule has 0 heterocycles. The minimum atomic E-state index is -3.59. The summed E-state index contributed by atoms with van der Waals surface area (Å²) in [5, 5.41) is 2.62. The van der Waals surface area contributed by atoms with Crippen LogP contribution in [0.4, 0.5) is 8.78 Å². The quantitative estimate of drug-likeness (QED) is 0.602. The van der Waals surface area contributed by atoms with Gasteiger partial charge in [0.1, 0.15) is 5.75 Å². The van der Waals surface area contributed by atoms with E-state index in [0.29, 0.717) is 6.42 Å². The monoisotopic (exact) mass is 398 g/mol. The third-order valence-electron chi connectivity index (χ3n) is 3.58. The Morgan fingerprint density at radius 2 is 1.67 bits per heavy atom. The molecule has 2 aromatic carbocycles. The second-order valence-corrected chi connectivity index (χ2v) is 7.35. The van der Waals surface area contributed by atoms with Gasteiger partial charge in [0, 0.05) is 19.5 Å². The van der Waals surface area contributed by atoms with E-state index >= 15 is 0 Å². The maximum absolute atomic E-state index is 12.1. The van der Waals surface area contributed by atoms with E-state index in [0.717, 1.165) is 5.56 Å². The van der Waals surface area contributed by atoms with Crippen LogP contribution in [0.5, 0.6) is 5.75 Å². The Labute approximate surface area is 156 Å². The molecule has 0 aliphatic rings. The average molecular weight is 398 g/mol. The predicted molar refractivity (Wildman–Crippen MR) is 96.0 cm³/mol. The Hall–Kier alpha value is -2.52. The number of ether oxygens (including phenoxy) is 1. The normalized spacial score (nSPS) is 11.4. The standard InChI is InChI=1S/C18H20F2N2O4S/c19-18(20)26-15-9-6-14(7-10-15)8-11-17(23)21-12-13-22-27(24,25)16-4-2-1-3-5-16/h1-7,9-10,18,22H,8,11-13H2,(H,21,23). The number of aryl methyl sites for hydroxylation is 1. The molecule has 0 aliphatic heterocycles. The second-order valence-electron chi connectivity index (χ2n) is 5.58. The highest BCUT2D eigenvalue weighted by atomic mass is 32.2. The van der Waals surface area contributed by atoms with Crippen LogP contribution in [0.25, 0.3) is 0 Å². The molecular formula is C18H20F2N2O4S. The molecule has 0 radical (unpaired) electrons. The lowest BCUT2D eigenvalue weighted by molar-refractivity contribution is -0.121. The molecule has 2 aromatic rings. The van der Waals surface area contributed by atoms with Crippen molar-refractivity contribution in [2.45, 2.75) is 24.3 Å². The van der Waals surface area contributed by atoms with Crippen molar-refractivity contribution in [1.82, 2.24) is 10.0 Å². The molecule has 0 aromatic heterocycles. The average Bonchev–Trinajstić information content (AvgIpc) is 2.65. The Morgan fingerprint density at radius 1 is 1.00 bits per heavy atom. The van der Waals surface area contributed by atoms with Crippen LogP contribution in [0.1, 0.15) is 12.0 Å². The van der Waals surface area contributed by atoms with E-state index in [9.17, 15) is 22.0 Å². The molecule has 6 nitrogen and oxygen atoms in total. The van der Waals surface area contributed by atoms with Crippen molar-refractivity contribution >= 4 is 15.9 Å². The van der Waals surface area contributed by atoms with E-state index in [1.165, 1.54) is 24.3 Å². The molecule has 0 bridgehead atoms. The fourth-order valence-corrected chi connectivity index (χ4v) is 3.31. The molecule has 0 spiro atoms. The molecule has 0 saturated carbocycles. The van der Waals surface area contributed by atoms with Crippen LogP contribution in [0.2, 0.25) is 0 Å². The first-order valence-corrected chi connectivity index (χ1v) is 9.70. The summed E-state index contributed by atoms with van der Waals surface area (Å²) in [6, 6.07) is 14.0. The lowest BCUT2D eigenvalue weighted by Gasteiger charge is -2.08. The highest BCUT2D eigenvalue weighted by molar-refractivity contribution is 7.89. The lowest BCUT2D eigenvalue weighted by Crippen LogP contribution is -2.34. The highest BCUT2D eigenvalue weighted by Crippen LogP contribution is 2.15. The summed E-state index contributed by atoms with van der Waals surface area (Å²) in [4.78, 5) is 12.0. The van der Waals surface area contributed by atoms with Gasteiger partial charge in [0.05, 0.1) is 4.90 Å². The van der Waals surface area contributed by atoms with Gasteiger partial charge in [-0.1, -0.05) is 30.3 Å². The molecule has 2 rings (SSSR count). The van der Waals surface area contributed by atoms with Gasteiger partial charge in [0.25, 0.3) is 0 Å². The van der Waals surface area contributed by atoms with E-state index in [4.69, 9.17) is 0 Å². The van der Waals surface area contributed by atoms with Gasteiger partial charge in [-0.15, -0.1) is 0 Å². The maximum atomic E-state index is 12.1. The molecule has 0 saturated heterocycles. The van der Waals surface area contributed by atoms with Gasteiger partial charge < -0.3 is 10.1 Å². The summed E-state index contributed by atoms with van der Waals surface area (Å²) in [6.45, 7) is -2.64. The molecule has 146 valence electrons. The van der Waals surface area contributed by atoms with Crippen LogP contribution >= 0.6 is 0 Å². The Kier molecular flexibility index (Phi) is 7.68. The van der Waals surface area contributed by atoms with E-state index in [-0.39, 0.29) is 36.1 Å². The van der Waals surface area contributed by atoms with Crippen molar-refractivity contribution < 1.29 is 26.7 Å². The number of sulfonamides is 1. The molecule has 1 amide bonds. The van der Waals surface area contributed by atoms with E-state index in [1.807, 2.05) is 0 Å². The SMILES string of the molecule is O=C(CCc1ccc(OC(F)F)cc1)NCCNS(=O)(=O)c1ccccc1. The number of nitrogens with one attached hydrogen (secondary N) is 2. The van der Waals surface area contributed by atoms with Crippen LogP contribution in [-0.4, -0.2) is 34.0 Å². The number of carbonyl (C=O) groups excluding carboxylic acids is 1. The van der Waals surface area contributed by atoms with E-state index < -0.39 is 16.6 Å². The van der Waals surface area contributed by atoms with Crippen molar-refractivity contribution in [3.05, 3.63) is 60.2 Å². The second kappa shape index (κ2) is 9.98. The number of hydrogen-bond donors (Lipinski definition) is 2. The van der Waals surface area contributed by atoms with Gasteiger partial charge in [0.15, 0.2) is 0 Å². The van der Waals surface area contributed by atoms with Crippen LogP contribution in [0.15, 0.2) is 59.5 Å². The fourth-order valence-electron chi connectivity index (χ4n) is 2.25. The summed E-state index contributed by atoms with van der Waals surface area (Å²) in [7, 11) is -3.59. The Morgan fingerprint density at radius 3 is 2.30 bits per heavy atom. The predicted octanol–water partition coefficient (Wildman–Crippen LogP) is 2.32. The largest absolute Gasteiger partial charge is 0.435 e. The number of benzene rings is 2. The van der Waals surface area contributed by atoms with E-state index in [2.05, 4.69) is 14.8 Å². The van der Waals surface area contributed by atoms with Crippen LogP contribution in [-0.2, 0) is 21.2 Å². The first-order chi connectivity index (χ1) is 12.9. The highest BCUT2D eigenvalue weighted by Gasteiger charge is 2.12. The molecule has 9 heteroatoms. The van der Waals surface area contributed by atoms with Gasteiger partial charge in [-0.25, -0.2) is 13.1 Å². The molecular weight excluding hydrogens is 378 g/mol. The van der Waals surface area contributed by atoms with Gasteiger partial charge in [-0.3, -0.25) is 4.79 Å². The Balaban J connectivity index is 1.68. The zero-order valence-corrected chi connectivity index (χ0v) is 15.2. The molecule has 0 fully saturated rings. The minimum Gasteiger partial charge on any atom is -0.435 e. The first kappa shape index (κ1) is 20.8. The number of hydrogen-bond acceptors (Lipinski definition) is 4. The van der Waals surface area contributed by atoms with E-state index in [1.54, 1.807) is 30.3 Å². The zero-order valence-electron chi connectivity index (χ0n) is 14.4. The van der Waals surface area contributed by atoms with Crippen molar-refractivity contribution in [3.63, 3.8) is 0 Å². The lowest BCUT2D eigenvalue weighted by atomic mass is 10.1. The molecule has 27 heavy (non-hydrogen) atoms. The van der Waals surface area contributed by atoms with Crippen LogP contribution < -0.4 is 14.8 Å². The zero-order chi connectivity index (χ0) is 19.7. The van der Waals surface area contributed by atoms with Gasteiger partial charge in [-0.2, -0.15) is 8.78 Å². The molecule has 0 atom stereocenters. The third-order valence-corrected chi connectivity index (χ3v) is 5.06.